The first-order valence-corrected chi connectivity index (χ1v) is 6.05. The molecule has 0 fully saturated rings. The van der Waals surface area contributed by atoms with Crippen LogP contribution in [0.3, 0.4) is 0 Å². The molecule has 0 aliphatic carbocycles. The van der Waals surface area contributed by atoms with Crippen LogP contribution in [0.5, 0.6) is 0 Å². The fourth-order valence-electron chi connectivity index (χ4n) is 2.09. The smallest absolute Gasteiger partial charge is 0.341 e. The molecule has 0 aliphatic heterocycles. The zero-order valence-corrected chi connectivity index (χ0v) is 11.4. The van der Waals surface area contributed by atoms with Crippen LogP contribution in [0.1, 0.15) is 21.7 Å². The molecule has 0 unspecified atom stereocenters. The average molecular weight is 292 g/mol. The minimum absolute atomic E-state index is 0.0329. The molecule has 0 saturated heterocycles. The molecule has 2 rings (SSSR count). The molecule has 0 radical (unpaired) electrons. The number of ether oxygens (including phenoxy) is 1. The van der Waals surface area contributed by atoms with Crippen LogP contribution >= 0.6 is 0 Å². The summed E-state index contributed by atoms with van der Waals surface area (Å²) in [5, 5.41) is 9.22. The first kappa shape index (κ1) is 14.9. The standard InChI is InChI=1S/C14H13FN2O4/c1-7-11(9-4-3-8(15)5-16-9)13(18)12(14(19)20)10(17-7)6-21-2/h3-5H,6H2,1-2H3,(H,17,18)(H,19,20). The van der Waals surface area contributed by atoms with Crippen molar-refractivity contribution in [2.24, 2.45) is 0 Å². The van der Waals surface area contributed by atoms with E-state index in [9.17, 15) is 19.1 Å². The molecular formula is C14H13FN2O4. The van der Waals surface area contributed by atoms with Crippen LogP contribution in [0.2, 0.25) is 0 Å². The first-order chi connectivity index (χ1) is 9.95. The van der Waals surface area contributed by atoms with Gasteiger partial charge in [0.05, 0.1) is 29.8 Å². The molecule has 0 saturated carbocycles. The van der Waals surface area contributed by atoms with E-state index in [-0.39, 0.29) is 23.6 Å². The predicted octanol–water partition coefficient (Wildman–Crippen LogP) is 1.73. The Labute approximate surface area is 119 Å². The number of H-pyrrole nitrogens is 1. The number of carboxylic acids is 1. The maximum Gasteiger partial charge on any atom is 0.341 e. The highest BCUT2D eigenvalue weighted by Gasteiger charge is 2.21. The average Bonchev–Trinajstić information content (AvgIpc) is 2.40. The summed E-state index contributed by atoms with van der Waals surface area (Å²) in [6, 6.07) is 2.49. The molecule has 2 heterocycles. The second-order valence-electron chi connectivity index (χ2n) is 4.41. The van der Waals surface area contributed by atoms with Gasteiger partial charge in [0.25, 0.3) is 0 Å². The van der Waals surface area contributed by atoms with E-state index in [2.05, 4.69) is 9.97 Å². The number of aromatic amines is 1. The van der Waals surface area contributed by atoms with Crippen LogP contribution in [-0.2, 0) is 11.3 Å². The predicted molar refractivity (Wildman–Crippen MR) is 72.7 cm³/mol. The lowest BCUT2D eigenvalue weighted by Gasteiger charge is -2.11. The van der Waals surface area contributed by atoms with E-state index in [1.54, 1.807) is 6.92 Å². The van der Waals surface area contributed by atoms with Crippen LogP contribution in [0.25, 0.3) is 11.3 Å². The van der Waals surface area contributed by atoms with Gasteiger partial charge in [0.15, 0.2) is 0 Å². The van der Waals surface area contributed by atoms with Crippen molar-refractivity contribution in [2.45, 2.75) is 13.5 Å². The number of methoxy groups -OCH3 is 1. The Kier molecular flexibility index (Phi) is 4.13. The van der Waals surface area contributed by atoms with Crippen molar-refractivity contribution in [3.8, 4) is 11.3 Å². The lowest BCUT2D eigenvalue weighted by Crippen LogP contribution is -2.23. The van der Waals surface area contributed by atoms with Gasteiger partial charge in [0, 0.05) is 12.8 Å². The van der Waals surface area contributed by atoms with Crippen LogP contribution in [0, 0.1) is 12.7 Å². The van der Waals surface area contributed by atoms with Gasteiger partial charge in [-0.3, -0.25) is 9.78 Å². The van der Waals surface area contributed by atoms with E-state index in [4.69, 9.17) is 4.74 Å². The summed E-state index contributed by atoms with van der Waals surface area (Å²) in [7, 11) is 1.40. The zero-order valence-electron chi connectivity index (χ0n) is 11.4. The summed E-state index contributed by atoms with van der Waals surface area (Å²) in [6.07, 6.45) is 0.970. The van der Waals surface area contributed by atoms with Gasteiger partial charge < -0.3 is 14.8 Å². The molecule has 7 heteroatoms. The fourth-order valence-corrected chi connectivity index (χ4v) is 2.09. The Bertz CT molecular complexity index is 738. The summed E-state index contributed by atoms with van der Waals surface area (Å²) in [5.74, 6) is -1.89. The molecule has 0 bridgehead atoms. The highest BCUT2D eigenvalue weighted by atomic mass is 19.1. The summed E-state index contributed by atoms with van der Waals surface area (Å²) in [5.41, 5.74) is -0.142. The largest absolute Gasteiger partial charge is 0.477 e. The maximum absolute atomic E-state index is 12.9. The molecule has 21 heavy (non-hydrogen) atoms. The van der Waals surface area contributed by atoms with Crippen molar-refractivity contribution in [1.82, 2.24) is 9.97 Å². The van der Waals surface area contributed by atoms with Gasteiger partial charge in [-0.2, -0.15) is 0 Å². The number of carboxylic acid groups (broad SMARTS) is 1. The third-order valence-corrected chi connectivity index (χ3v) is 2.96. The van der Waals surface area contributed by atoms with Crippen molar-refractivity contribution in [2.75, 3.05) is 7.11 Å². The van der Waals surface area contributed by atoms with Gasteiger partial charge in [-0.25, -0.2) is 9.18 Å². The number of aromatic nitrogens is 2. The monoisotopic (exact) mass is 292 g/mol. The van der Waals surface area contributed by atoms with Gasteiger partial charge in [-0.1, -0.05) is 0 Å². The van der Waals surface area contributed by atoms with Gasteiger partial charge in [-0.05, 0) is 19.1 Å². The van der Waals surface area contributed by atoms with E-state index < -0.39 is 22.8 Å². The van der Waals surface area contributed by atoms with Crippen LogP contribution < -0.4 is 5.43 Å². The zero-order chi connectivity index (χ0) is 15.6. The third kappa shape index (κ3) is 2.82. The molecule has 0 spiro atoms. The highest BCUT2D eigenvalue weighted by Crippen LogP contribution is 2.19. The normalized spacial score (nSPS) is 10.6. The highest BCUT2D eigenvalue weighted by molar-refractivity contribution is 5.90. The van der Waals surface area contributed by atoms with Gasteiger partial charge in [0.2, 0.25) is 5.43 Å². The molecule has 0 aromatic carbocycles. The van der Waals surface area contributed by atoms with Gasteiger partial charge in [0.1, 0.15) is 11.4 Å². The topological polar surface area (TPSA) is 92.3 Å². The van der Waals surface area contributed by atoms with Crippen molar-refractivity contribution >= 4 is 5.97 Å². The van der Waals surface area contributed by atoms with E-state index in [1.165, 1.54) is 13.2 Å². The molecule has 0 aliphatic rings. The Hall–Kier alpha value is -2.54. The number of aromatic carboxylic acids is 1. The summed E-state index contributed by atoms with van der Waals surface area (Å²) in [6.45, 7) is 1.58. The Morgan fingerprint density at radius 2 is 2.19 bits per heavy atom. The minimum atomic E-state index is -1.35. The summed E-state index contributed by atoms with van der Waals surface area (Å²) in [4.78, 5) is 30.4. The number of aryl methyl sites for hydroxylation is 1. The van der Waals surface area contributed by atoms with Gasteiger partial charge >= 0.3 is 5.97 Å². The fraction of sp³-hybridized carbons (Fsp3) is 0.214. The van der Waals surface area contributed by atoms with Crippen molar-refractivity contribution in [3.63, 3.8) is 0 Å². The lowest BCUT2D eigenvalue weighted by atomic mass is 10.0. The van der Waals surface area contributed by atoms with E-state index >= 15 is 0 Å². The third-order valence-electron chi connectivity index (χ3n) is 2.96. The first-order valence-electron chi connectivity index (χ1n) is 6.05. The van der Waals surface area contributed by atoms with Crippen LogP contribution in [-0.4, -0.2) is 28.2 Å². The number of rotatable bonds is 4. The SMILES string of the molecule is COCc1[nH]c(C)c(-c2ccc(F)cn2)c(=O)c1C(=O)O. The number of nitrogens with zero attached hydrogens (tertiary/aromatic N) is 1. The number of halogens is 1. The molecule has 0 amide bonds. The molecule has 2 aromatic rings. The quantitative estimate of drug-likeness (QED) is 0.895. The number of carbonyl (C=O) groups is 1. The van der Waals surface area contributed by atoms with Crippen LogP contribution in [0.15, 0.2) is 23.1 Å². The van der Waals surface area contributed by atoms with Crippen molar-refractivity contribution in [3.05, 3.63) is 51.3 Å². The minimum Gasteiger partial charge on any atom is -0.477 e. The summed E-state index contributed by atoms with van der Waals surface area (Å²) < 4.78 is 17.8. The van der Waals surface area contributed by atoms with E-state index in [1.807, 2.05) is 0 Å². The summed E-state index contributed by atoms with van der Waals surface area (Å²) >= 11 is 0. The van der Waals surface area contributed by atoms with Crippen molar-refractivity contribution < 1.29 is 19.0 Å². The Balaban J connectivity index is 2.73. The Morgan fingerprint density at radius 3 is 2.71 bits per heavy atom. The second-order valence-corrected chi connectivity index (χ2v) is 4.41. The second kappa shape index (κ2) is 5.84. The Morgan fingerprint density at radius 1 is 1.48 bits per heavy atom. The lowest BCUT2D eigenvalue weighted by molar-refractivity contribution is 0.0689. The number of hydrogen-bond donors (Lipinski definition) is 2. The van der Waals surface area contributed by atoms with Gasteiger partial charge in [-0.15, -0.1) is 0 Å². The molecule has 110 valence electrons. The van der Waals surface area contributed by atoms with E-state index in [0.717, 1.165) is 12.3 Å². The van der Waals surface area contributed by atoms with E-state index in [0.29, 0.717) is 5.69 Å². The van der Waals surface area contributed by atoms with Crippen molar-refractivity contribution in [1.29, 1.82) is 0 Å². The molecular weight excluding hydrogens is 279 g/mol. The maximum atomic E-state index is 12.9. The molecule has 0 atom stereocenters. The molecule has 6 nitrogen and oxygen atoms in total. The number of nitrogens with one attached hydrogen (secondary N) is 1. The van der Waals surface area contributed by atoms with Crippen LogP contribution in [0.4, 0.5) is 4.39 Å². The number of pyridine rings is 2. The molecule has 2 aromatic heterocycles. The number of hydrogen-bond acceptors (Lipinski definition) is 4. The molecule has 2 N–H and O–H groups in total.